The number of nitrogens with zero attached hydrogens (tertiary/aromatic N) is 1. The lowest BCUT2D eigenvalue weighted by atomic mass is 10.2. The van der Waals surface area contributed by atoms with E-state index < -0.39 is 0 Å². The van der Waals surface area contributed by atoms with Gasteiger partial charge in [-0.05, 0) is 17.7 Å². The van der Waals surface area contributed by atoms with Crippen molar-refractivity contribution in [2.24, 2.45) is 5.92 Å². The van der Waals surface area contributed by atoms with Gasteiger partial charge in [-0.15, -0.1) is 11.8 Å². The van der Waals surface area contributed by atoms with E-state index in [1.807, 2.05) is 11.8 Å². The Balaban J connectivity index is 2.55. The van der Waals surface area contributed by atoms with E-state index in [0.717, 1.165) is 5.92 Å². The third-order valence-electron chi connectivity index (χ3n) is 1.66. The average Bonchev–Trinajstić information content (AvgIpc) is 2.10. The number of hydrogen-bond acceptors (Lipinski definition) is 2. The number of hydrogen-bond donors (Lipinski definition) is 0. The van der Waals surface area contributed by atoms with Gasteiger partial charge in [-0.25, -0.2) is 0 Å². The van der Waals surface area contributed by atoms with Gasteiger partial charge in [-0.1, -0.05) is 13.8 Å². The van der Waals surface area contributed by atoms with Gasteiger partial charge in [0.15, 0.2) is 0 Å². The van der Waals surface area contributed by atoms with Crippen LogP contribution in [0.15, 0.2) is 11.1 Å². The van der Waals surface area contributed by atoms with Gasteiger partial charge in [-0.2, -0.15) is 0 Å². The highest BCUT2D eigenvalue weighted by molar-refractivity contribution is 8.03. The molecule has 0 N–H and O–H groups in total. The van der Waals surface area contributed by atoms with Crippen molar-refractivity contribution in [1.82, 2.24) is 4.90 Å². The van der Waals surface area contributed by atoms with Crippen LogP contribution in [0.1, 0.15) is 20.8 Å². The van der Waals surface area contributed by atoms with Gasteiger partial charge in [0, 0.05) is 13.2 Å². The molecule has 1 heterocycles. The maximum absolute atomic E-state index is 2.30. The largest absolute Gasteiger partial charge is 0.367 e. The molecule has 58 valence electrons. The zero-order valence-electron chi connectivity index (χ0n) is 7.09. The summed E-state index contributed by atoms with van der Waals surface area (Å²) >= 11 is 1.97. The molecule has 0 aliphatic carbocycles. The van der Waals surface area contributed by atoms with Crippen molar-refractivity contribution in [3.05, 3.63) is 11.1 Å². The first-order valence-corrected chi connectivity index (χ1v) is 4.56. The van der Waals surface area contributed by atoms with Crippen LogP contribution >= 0.6 is 11.8 Å². The predicted octanol–water partition coefficient (Wildman–Crippen LogP) is 2.51. The zero-order valence-corrected chi connectivity index (χ0v) is 7.90. The Hall–Kier alpha value is -0.110. The molecule has 0 saturated carbocycles. The Morgan fingerprint density at radius 2 is 2.20 bits per heavy atom. The molecule has 1 rings (SSSR count). The lowest BCUT2D eigenvalue weighted by Crippen LogP contribution is -2.24. The highest BCUT2D eigenvalue weighted by Crippen LogP contribution is 2.34. The smallest absolute Gasteiger partial charge is 0.0808 e. The molecule has 0 radical (unpaired) electrons. The van der Waals surface area contributed by atoms with Crippen molar-refractivity contribution in [3.8, 4) is 0 Å². The van der Waals surface area contributed by atoms with E-state index in [1.165, 1.54) is 4.91 Å². The molecule has 0 spiro atoms. The van der Waals surface area contributed by atoms with E-state index in [-0.39, 0.29) is 0 Å². The molecule has 0 bridgehead atoms. The summed E-state index contributed by atoms with van der Waals surface area (Å²) in [5, 5.41) is 0.667. The van der Waals surface area contributed by atoms with Crippen LogP contribution in [0.2, 0.25) is 0 Å². The minimum atomic E-state index is 0.667. The Morgan fingerprint density at radius 1 is 1.60 bits per heavy atom. The van der Waals surface area contributed by atoms with Gasteiger partial charge in [-0.3, -0.25) is 0 Å². The molecule has 1 aliphatic rings. The second-order valence-electron chi connectivity index (χ2n) is 3.16. The van der Waals surface area contributed by atoms with Gasteiger partial charge in [0.05, 0.1) is 5.37 Å². The van der Waals surface area contributed by atoms with Crippen molar-refractivity contribution in [3.63, 3.8) is 0 Å². The van der Waals surface area contributed by atoms with Crippen LogP contribution in [-0.4, -0.2) is 17.3 Å². The summed E-state index contributed by atoms with van der Waals surface area (Å²) in [6, 6.07) is 0. The SMILES string of the molecule is CC1=CN(C)C(C(C)C)S1. The van der Waals surface area contributed by atoms with Crippen LogP contribution in [0.5, 0.6) is 0 Å². The first kappa shape index (κ1) is 7.99. The second kappa shape index (κ2) is 2.87. The fourth-order valence-electron chi connectivity index (χ4n) is 1.27. The quantitative estimate of drug-likeness (QED) is 0.575. The summed E-state index contributed by atoms with van der Waals surface area (Å²) in [6.45, 7) is 6.70. The van der Waals surface area contributed by atoms with Crippen LogP contribution in [0.4, 0.5) is 0 Å². The van der Waals surface area contributed by atoms with E-state index in [0.29, 0.717) is 5.37 Å². The maximum Gasteiger partial charge on any atom is 0.0808 e. The van der Waals surface area contributed by atoms with E-state index in [9.17, 15) is 0 Å². The molecule has 1 atom stereocenters. The van der Waals surface area contributed by atoms with E-state index in [1.54, 1.807) is 0 Å². The number of thioether (sulfide) groups is 1. The normalized spacial score (nSPS) is 25.9. The molecular formula is C8H15NS. The topological polar surface area (TPSA) is 3.24 Å². The van der Waals surface area contributed by atoms with Crippen molar-refractivity contribution in [1.29, 1.82) is 0 Å². The molecule has 0 fully saturated rings. The minimum absolute atomic E-state index is 0.667. The molecule has 0 aromatic heterocycles. The van der Waals surface area contributed by atoms with Crippen LogP contribution < -0.4 is 0 Å². The zero-order chi connectivity index (χ0) is 7.72. The lowest BCUT2D eigenvalue weighted by Gasteiger charge is -2.23. The highest BCUT2D eigenvalue weighted by atomic mass is 32.2. The summed E-state index contributed by atoms with van der Waals surface area (Å²) in [4.78, 5) is 3.73. The van der Waals surface area contributed by atoms with Crippen LogP contribution in [0.3, 0.4) is 0 Å². The molecule has 2 heteroatoms. The predicted molar refractivity (Wildman–Crippen MR) is 47.7 cm³/mol. The molecule has 0 saturated heterocycles. The average molecular weight is 157 g/mol. The van der Waals surface area contributed by atoms with Crippen molar-refractivity contribution in [2.45, 2.75) is 26.1 Å². The summed E-state index contributed by atoms with van der Waals surface area (Å²) < 4.78 is 0. The van der Waals surface area contributed by atoms with Crippen molar-refractivity contribution in [2.75, 3.05) is 7.05 Å². The van der Waals surface area contributed by atoms with E-state index >= 15 is 0 Å². The molecule has 10 heavy (non-hydrogen) atoms. The fourth-order valence-corrected chi connectivity index (χ4v) is 2.38. The number of rotatable bonds is 1. The van der Waals surface area contributed by atoms with Gasteiger partial charge in [0.25, 0.3) is 0 Å². The molecule has 0 aromatic rings. The first-order chi connectivity index (χ1) is 4.61. The minimum Gasteiger partial charge on any atom is -0.367 e. The number of allylic oxidation sites excluding steroid dienone is 1. The fraction of sp³-hybridized carbons (Fsp3) is 0.750. The molecular weight excluding hydrogens is 142 g/mol. The van der Waals surface area contributed by atoms with E-state index in [2.05, 4.69) is 38.9 Å². The van der Waals surface area contributed by atoms with Gasteiger partial charge in [0.1, 0.15) is 0 Å². The lowest BCUT2D eigenvalue weighted by molar-refractivity contribution is 0.361. The highest BCUT2D eigenvalue weighted by Gasteiger charge is 2.22. The second-order valence-corrected chi connectivity index (χ2v) is 4.52. The molecule has 1 unspecified atom stereocenters. The van der Waals surface area contributed by atoms with Gasteiger partial charge < -0.3 is 4.90 Å². The third kappa shape index (κ3) is 1.48. The molecule has 0 aromatic carbocycles. The summed E-state index contributed by atoms with van der Waals surface area (Å²) in [5.41, 5.74) is 0. The Morgan fingerprint density at radius 3 is 2.40 bits per heavy atom. The van der Waals surface area contributed by atoms with Gasteiger partial charge >= 0.3 is 0 Å². The summed E-state index contributed by atoms with van der Waals surface area (Å²) in [7, 11) is 2.15. The van der Waals surface area contributed by atoms with Crippen LogP contribution in [0, 0.1) is 5.92 Å². The maximum atomic E-state index is 2.30. The van der Waals surface area contributed by atoms with Crippen LogP contribution in [0.25, 0.3) is 0 Å². The Labute approximate surface area is 67.5 Å². The van der Waals surface area contributed by atoms with Crippen molar-refractivity contribution < 1.29 is 0 Å². The summed E-state index contributed by atoms with van der Waals surface area (Å²) in [6.07, 6.45) is 2.22. The monoisotopic (exact) mass is 157 g/mol. The standard InChI is InChI=1S/C8H15NS/c1-6(2)8-9(4)5-7(3)10-8/h5-6,8H,1-4H3. The molecule has 1 nitrogen and oxygen atoms in total. The molecule has 1 aliphatic heterocycles. The molecule has 0 amide bonds. The van der Waals surface area contributed by atoms with E-state index in [4.69, 9.17) is 0 Å². The van der Waals surface area contributed by atoms with Crippen molar-refractivity contribution >= 4 is 11.8 Å². The first-order valence-electron chi connectivity index (χ1n) is 3.68. The Bertz CT molecular complexity index is 151. The summed E-state index contributed by atoms with van der Waals surface area (Å²) in [5.74, 6) is 0.740. The Kier molecular flexibility index (Phi) is 2.29. The third-order valence-corrected chi connectivity index (χ3v) is 3.26. The van der Waals surface area contributed by atoms with Crippen LogP contribution in [-0.2, 0) is 0 Å². The van der Waals surface area contributed by atoms with Gasteiger partial charge in [0.2, 0.25) is 0 Å².